The van der Waals surface area contributed by atoms with E-state index in [1.807, 2.05) is 0 Å². The normalized spacial score (nSPS) is 10.6. The second-order valence-electron chi connectivity index (χ2n) is 3.78. The monoisotopic (exact) mass is 249 g/mol. The Balaban J connectivity index is 2.50. The standard InChI is InChI=1S/C12H15N3O3/c1-17-7-10-11(13)12(16)15(14-10)8-4-3-5-9(6-8)18-2/h3-6,14H,7,13H2,1-2H3. The third-order valence-electron chi connectivity index (χ3n) is 2.61. The van der Waals surface area contributed by atoms with E-state index in [9.17, 15) is 4.79 Å². The van der Waals surface area contributed by atoms with Gasteiger partial charge in [-0.15, -0.1) is 0 Å². The minimum absolute atomic E-state index is 0.166. The molecule has 2 rings (SSSR count). The molecule has 0 saturated heterocycles. The molecule has 0 amide bonds. The van der Waals surface area contributed by atoms with Gasteiger partial charge in [0.15, 0.2) is 0 Å². The molecule has 18 heavy (non-hydrogen) atoms. The van der Waals surface area contributed by atoms with Crippen LogP contribution in [0.5, 0.6) is 5.75 Å². The van der Waals surface area contributed by atoms with Crippen LogP contribution in [0, 0.1) is 0 Å². The molecule has 3 N–H and O–H groups in total. The SMILES string of the molecule is COCc1[nH]n(-c2cccc(OC)c2)c(=O)c1N. The zero-order chi connectivity index (χ0) is 13.1. The summed E-state index contributed by atoms with van der Waals surface area (Å²) in [5, 5.41) is 2.92. The number of aromatic nitrogens is 2. The third-order valence-corrected chi connectivity index (χ3v) is 2.61. The Bertz CT molecular complexity index is 601. The molecule has 1 aromatic heterocycles. The lowest BCUT2D eigenvalue weighted by Crippen LogP contribution is -2.16. The fourth-order valence-corrected chi connectivity index (χ4v) is 1.68. The number of nitrogens with two attached hydrogens (primary N) is 1. The number of nitrogens with one attached hydrogen (secondary N) is 1. The average Bonchev–Trinajstić information content (AvgIpc) is 2.68. The number of methoxy groups -OCH3 is 2. The van der Waals surface area contributed by atoms with Crippen molar-refractivity contribution < 1.29 is 9.47 Å². The van der Waals surface area contributed by atoms with E-state index in [2.05, 4.69) is 5.10 Å². The van der Waals surface area contributed by atoms with Crippen molar-refractivity contribution >= 4 is 5.69 Å². The zero-order valence-corrected chi connectivity index (χ0v) is 10.3. The minimum Gasteiger partial charge on any atom is -0.497 e. The number of hydrogen-bond acceptors (Lipinski definition) is 4. The molecule has 1 heterocycles. The highest BCUT2D eigenvalue weighted by Crippen LogP contribution is 2.16. The van der Waals surface area contributed by atoms with Gasteiger partial charge in [0.2, 0.25) is 0 Å². The lowest BCUT2D eigenvalue weighted by Gasteiger charge is -2.04. The smallest absolute Gasteiger partial charge is 0.294 e. The molecular weight excluding hydrogens is 234 g/mol. The summed E-state index contributed by atoms with van der Waals surface area (Å²) in [5.41, 5.74) is 6.81. The van der Waals surface area contributed by atoms with Gasteiger partial charge in [-0.2, -0.15) is 0 Å². The number of nitrogens with zero attached hydrogens (tertiary/aromatic N) is 1. The van der Waals surface area contributed by atoms with Gasteiger partial charge < -0.3 is 15.2 Å². The van der Waals surface area contributed by atoms with Crippen LogP contribution in [0.3, 0.4) is 0 Å². The number of benzene rings is 1. The van der Waals surface area contributed by atoms with Crippen LogP contribution in [-0.4, -0.2) is 24.0 Å². The predicted octanol–water partition coefficient (Wildman–Crippen LogP) is 0.903. The summed E-state index contributed by atoms with van der Waals surface area (Å²) in [6.45, 7) is 0.262. The van der Waals surface area contributed by atoms with Crippen LogP contribution in [0.4, 0.5) is 5.69 Å². The fraction of sp³-hybridized carbons (Fsp3) is 0.250. The number of rotatable bonds is 4. The van der Waals surface area contributed by atoms with Crippen molar-refractivity contribution in [2.75, 3.05) is 20.0 Å². The van der Waals surface area contributed by atoms with Gasteiger partial charge in [0.05, 0.1) is 25.1 Å². The molecule has 6 heteroatoms. The number of hydrogen-bond donors (Lipinski definition) is 2. The van der Waals surface area contributed by atoms with E-state index in [0.29, 0.717) is 17.1 Å². The Hall–Kier alpha value is -2.21. The maximum absolute atomic E-state index is 12.0. The minimum atomic E-state index is -0.296. The molecule has 0 aliphatic carbocycles. The van der Waals surface area contributed by atoms with Gasteiger partial charge in [0.1, 0.15) is 11.4 Å². The Morgan fingerprint density at radius 3 is 2.83 bits per heavy atom. The van der Waals surface area contributed by atoms with Gasteiger partial charge in [0, 0.05) is 13.2 Å². The van der Waals surface area contributed by atoms with Crippen LogP contribution in [0.1, 0.15) is 5.69 Å². The topological polar surface area (TPSA) is 82.3 Å². The summed E-state index contributed by atoms with van der Waals surface area (Å²) >= 11 is 0. The fourth-order valence-electron chi connectivity index (χ4n) is 1.68. The van der Waals surface area contributed by atoms with E-state index < -0.39 is 0 Å². The van der Waals surface area contributed by atoms with Crippen LogP contribution in [-0.2, 0) is 11.3 Å². The van der Waals surface area contributed by atoms with Crippen molar-refractivity contribution in [1.82, 2.24) is 9.78 Å². The molecule has 0 bridgehead atoms. The van der Waals surface area contributed by atoms with E-state index in [1.165, 1.54) is 4.68 Å². The van der Waals surface area contributed by atoms with Crippen molar-refractivity contribution in [1.29, 1.82) is 0 Å². The highest BCUT2D eigenvalue weighted by molar-refractivity contribution is 5.46. The Morgan fingerprint density at radius 2 is 2.17 bits per heavy atom. The molecular formula is C12H15N3O3. The Morgan fingerprint density at radius 1 is 1.39 bits per heavy atom. The molecule has 6 nitrogen and oxygen atoms in total. The van der Waals surface area contributed by atoms with Gasteiger partial charge in [-0.05, 0) is 12.1 Å². The predicted molar refractivity (Wildman–Crippen MR) is 68.1 cm³/mol. The quantitative estimate of drug-likeness (QED) is 0.843. The van der Waals surface area contributed by atoms with Gasteiger partial charge in [-0.3, -0.25) is 9.89 Å². The molecule has 0 radical (unpaired) electrons. The van der Waals surface area contributed by atoms with E-state index in [1.54, 1.807) is 38.5 Å². The van der Waals surface area contributed by atoms with Crippen LogP contribution in [0.25, 0.3) is 5.69 Å². The summed E-state index contributed by atoms with van der Waals surface area (Å²) < 4.78 is 11.5. The van der Waals surface area contributed by atoms with Gasteiger partial charge in [-0.1, -0.05) is 6.07 Å². The first-order valence-electron chi connectivity index (χ1n) is 5.40. The van der Waals surface area contributed by atoms with E-state index >= 15 is 0 Å². The molecule has 96 valence electrons. The first-order valence-corrected chi connectivity index (χ1v) is 5.40. The lowest BCUT2D eigenvalue weighted by atomic mass is 10.3. The average molecular weight is 249 g/mol. The summed E-state index contributed by atoms with van der Waals surface area (Å²) in [4.78, 5) is 12.0. The van der Waals surface area contributed by atoms with Gasteiger partial charge in [0.25, 0.3) is 5.56 Å². The molecule has 1 aromatic carbocycles. The summed E-state index contributed by atoms with van der Waals surface area (Å²) in [6.07, 6.45) is 0. The van der Waals surface area contributed by atoms with E-state index in [4.69, 9.17) is 15.2 Å². The molecule has 0 aliphatic rings. The highest BCUT2D eigenvalue weighted by Gasteiger charge is 2.12. The van der Waals surface area contributed by atoms with Crippen molar-refractivity contribution in [3.8, 4) is 11.4 Å². The molecule has 0 atom stereocenters. The van der Waals surface area contributed by atoms with Crippen molar-refractivity contribution in [2.24, 2.45) is 0 Å². The molecule has 0 saturated carbocycles. The van der Waals surface area contributed by atoms with Crippen molar-refractivity contribution in [3.05, 3.63) is 40.3 Å². The summed E-state index contributed by atoms with van der Waals surface area (Å²) in [5.74, 6) is 0.667. The van der Waals surface area contributed by atoms with Crippen molar-refractivity contribution in [2.45, 2.75) is 6.61 Å². The number of anilines is 1. The Kier molecular flexibility index (Phi) is 3.38. The number of aromatic amines is 1. The largest absolute Gasteiger partial charge is 0.497 e. The maximum Gasteiger partial charge on any atom is 0.294 e. The maximum atomic E-state index is 12.0. The van der Waals surface area contributed by atoms with Crippen LogP contribution >= 0.6 is 0 Å². The van der Waals surface area contributed by atoms with Crippen LogP contribution < -0.4 is 16.0 Å². The van der Waals surface area contributed by atoms with Crippen molar-refractivity contribution in [3.63, 3.8) is 0 Å². The molecule has 0 spiro atoms. The van der Waals surface area contributed by atoms with Crippen LogP contribution in [0.15, 0.2) is 29.1 Å². The molecule has 0 fully saturated rings. The van der Waals surface area contributed by atoms with E-state index in [0.717, 1.165) is 0 Å². The number of ether oxygens (including phenoxy) is 2. The second kappa shape index (κ2) is 4.97. The number of nitrogen functional groups attached to an aromatic ring is 1. The zero-order valence-electron chi connectivity index (χ0n) is 10.3. The van der Waals surface area contributed by atoms with Crippen LogP contribution in [0.2, 0.25) is 0 Å². The van der Waals surface area contributed by atoms with E-state index in [-0.39, 0.29) is 17.9 Å². The third kappa shape index (κ3) is 2.10. The molecule has 0 unspecified atom stereocenters. The number of H-pyrrole nitrogens is 1. The molecule has 2 aromatic rings. The Labute approximate surface area is 104 Å². The lowest BCUT2D eigenvalue weighted by molar-refractivity contribution is 0.181. The molecule has 0 aliphatic heterocycles. The first kappa shape index (κ1) is 12.3. The summed E-state index contributed by atoms with van der Waals surface area (Å²) in [7, 11) is 3.11. The van der Waals surface area contributed by atoms with Gasteiger partial charge >= 0.3 is 0 Å². The summed E-state index contributed by atoms with van der Waals surface area (Å²) in [6, 6.07) is 7.13. The highest BCUT2D eigenvalue weighted by atomic mass is 16.5. The first-order chi connectivity index (χ1) is 8.67. The van der Waals surface area contributed by atoms with Gasteiger partial charge in [-0.25, -0.2) is 4.68 Å². The second-order valence-corrected chi connectivity index (χ2v) is 3.78.